The molecule has 2 heterocycles. The maximum Gasteiger partial charge on any atom is 0.134 e. The fraction of sp³-hybridized carbons (Fsp3) is 0.333. The van der Waals surface area contributed by atoms with Crippen molar-refractivity contribution in [3.63, 3.8) is 0 Å². The van der Waals surface area contributed by atoms with E-state index < -0.39 is 0 Å². The molecule has 2 aliphatic rings. The number of methoxy groups -OCH3 is 1. The minimum Gasteiger partial charge on any atom is -0.497 e. The normalized spacial score (nSPS) is 23.2. The molecular weight excluding hydrogens is 317 g/mol. The highest BCUT2D eigenvalue weighted by Gasteiger charge is 2.35. The molecular formula is C21H22FNO2. The molecule has 2 unspecified atom stereocenters. The molecule has 0 saturated carbocycles. The lowest BCUT2D eigenvalue weighted by molar-refractivity contribution is -0.0403. The van der Waals surface area contributed by atoms with Crippen LogP contribution in [-0.2, 0) is 11.3 Å². The van der Waals surface area contributed by atoms with Crippen molar-refractivity contribution in [1.82, 2.24) is 4.90 Å². The molecule has 4 rings (SSSR count). The molecule has 0 radical (unpaired) electrons. The topological polar surface area (TPSA) is 21.7 Å². The molecule has 1 saturated heterocycles. The molecule has 2 atom stereocenters. The van der Waals surface area contributed by atoms with Crippen molar-refractivity contribution in [2.24, 2.45) is 0 Å². The van der Waals surface area contributed by atoms with Gasteiger partial charge in [-0.1, -0.05) is 36.4 Å². The lowest BCUT2D eigenvalue weighted by Gasteiger charge is -2.44. The van der Waals surface area contributed by atoms with Crippen LogP contribution < -0.4 is 4.74 Å². The Balaban J connectivity index is 1.61. The van der Waals surface area contributed by atoms with Crippen molar-refractivity contribution in [3.05, 3.63) is 71.6 Å². The molecule has 0 amide bonds. The molecule has 3 nitrogen and oxygen atoms in total. The second-order valence-electron chi connectivity index (χ2n) is 6.66. The van der Waals surface area contributed by atoms with Gasteiger partial charge < -0.3 is 9.47 Å². The van der Waals surface area contributed by atoms with E-state index in [1.165, 1.54) is 11.6 Å². The highest BCUT2D eigenvalue weighted by Crippen LogP contribution is 2.35. The monoisotopic (exact) mass is 339 g/mol. The van der Waals surface area contributed by atoms with Gasteiger partial charge in [0.25, 0.3) is 0 Å². The van der Waals surface area contributed by atoms with Crippen LogP contribution in [0.15, 0.2) is 54.6 Å². The molecule has 25 heavy (non-hydrogen) atoms. The summed E-state index contributed by atoms with van der Waals surface area (Å²) < 4.78 is 25.3. The highest BCUT2D eigenvalue weighted by atomic mass is 19.1. The van der Waals surface area contributed by atoms with Crippen LogP contribution >= 0.6 is 0 Å². The lowest BCUT2D eigenvalue weighted by atomic mass is 9.89. The molecule has 130 valence electrons. The Morgan fingerprint density at radius 2 is 2.00 bits per heavy atom. The number of ether oxygens (including phenoxy) is 2. The van der Waals surface area contributed by atoms with E-state index in [0.717, 1.165) is 18.5 Å². The third-order valence-electron chi connectivity index (χ3n) is 5.07. The summed E-state index contributed by atoms with van der Waals surface area (Å²) in [6, 6.07) is 16.0. The lowest BCUT2D eigenvalue weighted by Crippen LogP contribution is -2.53. The van der Waals surface area contributed by atoms with E-state index in [9.17, 15) is 4.39 Å². The van der Waals surface area contributed by atoms with Gasteiger partial charge in [-0.3, -0.25) is 4.90 Å². The summed E-state index contributed by atoms with van der Waals surface area (Å²) in [6.45, 7) is 2.25. The van der Waals surface area contributed by atoms with Gasteiger partial charge in [0.15, 0.2) is 0 Å². The number of nitrogens with zero attached hydrogens (tertiary/aromatic N) is 1. The quantitative estimate of drug-likeness (QED) is 0.843. The Morgan fingerprint density at radius 3 is 2.72 bits per heavy atom. The zero-order valence-electron chi connectivity index (χ0n) is 14.3. The third-order valence-corrected chi connectivity index (χ3v) is 5.07. The van der Waals surface area contributed by atoms with Crippen molar-refractivity contribution in [3.8, 4) is 5.75 Å². The van der Waals surface area contributed by atoms with Gasteiger partial charge >= 0.3 is 0 Å². The highest BCUT2D eigenvalue weighted by molar-refractivity contribution is 5.69. The number of hydrogen-bond donors (Lipinski definition) is 0. The minimum atomic E-state index is -0.221. The van der Waals surface area contributed by atoms with Gasteiger partial charge in [-0.25, -0.2) is 4.39 Å². The predicted octanol–water partition coefficient (Wildman–Crippen LogP) is 3.89. The van der Waals surface area contributed by atoms with Crippen LogP contribution in [0.4, 0.5) is 4.39 Å². The van der Waals surface area contributed by atoms with Crippen molar-refractivity contribution >= 4 is 5.57 Å². The van der Waals surface area contributed by atoms with E-state index in [0.29, 0.717) is 24.5 Å². The van der Waals surface area contributed by atoms with Crippen molar-refractivity contribution in [2.45, 2.75) is 25.0 Å². The van der Waals surface area contributed by atoms with Crippen LogP contribution in [0.5, 0.6) is 5.75 Å². The van der Waals surface area contributed by atoms with E-state index in [2.05, 4.69) is 35.2 Å². The van der Waals surface area contributed by atoms with Gasteiger partial charge in [-0.2, -0.15) is 0 Å². The number of benzene rings is 2. The SMILES string of the molecule is COc1ccc(C2=CC3COCC(C2)N3Cc2ccccc2)c(F)c1. The Morgan fingerprint density at radius 1 is 1.16 bits per heavy atom. The fourth-order valence-electron chi connectivity index (χ4n) is 3.78. The molecule has 0 N–H and O–H groups in total. The second kappa shape index (κ2) is 6.98. The van der Waals surface area contributed by atoms with Gasteiger partial charge in [-0.15, -0.1) is 0 Å². The molecule has 1 fully saturated rings. The van der Waals surface area contributed by atoms with Gasteiger partial charge in [0.2, 0.25) is 0 Å². The summed E-state index contributed by atoms with van der Waals surface area (Å²) in [6.07, 6.45) is 2.97. The Kier molecular flexibility index (Phi) is 4.55. The molecule has 2 aliphatic heterocycles. The van der Waals surface area contributed by atoms with Crippen LogP contribution in [0.3, 0.4) is 0 Å². The van der Waals surface area contributed by atoms with E-state index in [1.807, 2.05) is 18.2 Å². The summed E-state index contributed by atoms with van der Waals surface area (Å²) in [5, 5.41) is 0. The maximum absolute atomic E-state index is 14.5. The van der Waals surface area contributed by atoms with E-state index in [1.54, 1.807) is 7.11 Å². The van der Waals surface area contributed by atoms with Gasteiger partial charge in [0, 0.05) is 24.2 Å². The van der Waals surface area contributed by atoms with Crippen molar-refractivity contribution < 1.29 is 13.9 Å². The largest absolute Gasteiger partial charge is 0.497 e. The summed E-state index contributed by atoms with van der Waals surface area (Å²) in [5.74, 6) is 0.327. The first-order valence-corrected chi connectivity index (χ1v) is 8.66. The van der Waals surface area contributed by atoms with Crippen LogP contribution in [0, 0.1) is 5.82 Å². The number of halogens is 1. The molecule has 0 aromatic heterocycles. The molecule has 0 aliphatic carbocycles. The average Bonchev–Trinajstić information content (AvgIpc) is 2.62. The first-order chi connectivity index (χ1) is 12.2. The van der Waals surface area contributed by atoms with Gasteiger partial charge in [0.05, 0.1) is 26.4 Å². The summed E-state index contributed by atoms with van der Waals surface area (Å²) in [4.78, 5) is 2.48. The number of hydrogen-bond acceptors (Lipinski definition) is 3. The first-order valence-electron chi connectivity index (χ1n) is 8.66. The molecule has 2 aromatic rings. The first kappa shape index (κ1) is 16.3. The Labute approximate surface area is 147 Å². The number of rotatable bonds is 4. The summed E-state index contributed by atoms with van der Waals surface area (Å²) in [5.41, 5.74) is 3.05. The summed E-state index contributed by atoms with van der Waals surface area (Å²) in [7, 11) is 1.55. The smallest absolute Gasteiger partial charge is 0.134 e. The number of morpholine rings is 1. The maximum atomic E-state index is 14.5. The van der Waals surface area contributed by atoms with Crippen molar-refractivity contribution in [1.29, 1.82) is 0 Å². The van der Waals surface area contributed by atoms with Gasteiger partial charge in [-0.05, 0) is 29.7 Å². The predicted molar refractivity (Wildman–Crippen MR) is 95.9 cm³/mol. The van der Waals surface area contributed by atoms with E-state index in [4.69, 9.17) is 9.47 Å². The van der Waals surface area contributed by atoms with E-state index in [-0.39, 0.29) is 17.9 Å². The zero-order valence-corrected chi connectivity index (χ0v) is 14.3. The molecule has 2 bridgehead atoms. The van der Waals surface area contributed by atoms with E-state index >= 15 is 0 Å². The zero-order chi connectivity index (χ0) is 17.2. The van der Waals surface area contributed by atoms with Crippen LogP contribution in [0.2, 0.25) is 0 Å². The molecule has 2 aromatic carbocycles. The molecule has 4 heteroatoms. The Bertz CT molecular complexity index is 775. The third kappa shape index (κ3) is 3.32. The van der Waals surface area contributed by atoms with Crippen LogP contribution in [-0.4, -0.2) is 37.3 Å². The van der Waals surface area contributed by atoms with Gasteiger partial charge in [0.1, 0.15) is 11.6 Å². The second-order valence-corrected chi connectivity index (χ2v) is 6.66. The van der Waals surface area contributed by atoms with Crippen molar-refractivity contribution in [2.75, 3.05) is 20.3 Å². The molecule has 0 spiro atoms. The fourth-order valence-corrected chi connectivity index (χ4v) is 3.78. The average molecular weight is 339 g/mol. The standard InChI is InChI=1S/C21H22FNO2/c1-24-19-7-8-20(21(22)11-19)16-9-17-13-25-14-18(10-16)23(17)12-15-5-3-2-4-6-15/h2-9,11,17-18H,10,12-14H2,1H3. The Hall–Kier alpha value is -2.17. The number of fused-ring (bicyclic) bond motifs is 2. The van der Waals surface area contributed by atoms with Crippen LogP contribution in [0.1, 0.15) is 17.5 Å². The summed E-state index contributed by atoms with van der Waals surface area (Å²) >= 11 is 0. The van der Waals surface area contributed by atoms with Crippen LogP contribution in [0.25, 0.3) is 5.57 Å². The minimum absolute atomic E-state index is 0.184.